The van der Waals surface area contributed by atoms with Gasteiger partial charge in [0.1, 0.15) is 0 Å². The quantitative estimate of drug-likeness (QED) is 0.876. The van der Waals surface area contributed by atoms with Gasteiger partial charge in [0, 0.05) is 18.8 Å². The van der Waals surface area contributed by atoms with Crippen molar-refractivity contribution in [1.82, 2.24) is 4.90 Å². The zero-order valence-electron chi connectivity index (χ0n) is 11.6. The first kappa shape index (κ1) is 14.4. The number of rotatable bonds is 4. The molecule has 2 rings (SSSR count). The number of nitrogens with two attached hydrogens (primary N) is 1. The third kappa shape index (κ3) is 3.73. The van der Waals surface area contributed by atoms with Crippen LogP contribution >= 0.6 is 0 Å². The number of anilines is 1. The minimum atomic E-state index is -0.490. The van der Waals surface area contributed by atoms with E-state index in [0.717, 1.165) is 25.9 Å². The largest absolute Gasteiger partial charge is 0.376 e. The first-order valence-corrected chi connectivity index (χ1v) is 7.09. The van der Waals surface area contributed by atoms with Crippen molar-refractivity contribution >= 4 is 17.5 Å². The van der Waals surface area contributed by atoms with Gasteiger partial charge in [-0.3, -0.25) is 9.59 Å². The lowest BCUT2D eigenvalue weighted by molar-refractivity contribution is -0.129. The summed E-state index contributed by atoms with van der Waals surface area (Å²) in [5.41, 5.74) is 6.34. The van der Waals surface area contributed by atoms with E-state index in [0.29, 0.717) is 11.3 Å². The Morgan fingerprint density at radius 2 is 1.75 bits per heavy atom. The Balaban J connectivity index is 1.94. The van der Waals surface area contributed by atoms with E-state index < -0.39 is 5.91 Å². The van der Waals surface area contributed by atoms with Crippen molar-refractivity contribution in [3.8, 4) is 0 Å². The minimum Gasteiger partial charge on any atom is -0.376 e. The Hall–Kier alpha value is -2.04. The number of likely N-dealkylation sites (tertiary alicyclic amines) is 1. The standard InChI is InChI=1S/C15H21N3O2/c16-15(20)12-7-3-4-8-13(12)17-11-14(19)18-9-5-1-2-6-10-18/h3-4,7-8,17H,1-2,5-6,9-11H2,(H2,16,20). The first-order valence-electron chi connectivity index (χ1n) is 7.09. The van der Waals surface area contributed by atoms with Crippen LogP contribution in [-0.4, -0.2) is 36.3 Å². The summed E-state index contributed by atoms with van der Waals surface area (Å²) in [6, 6.07) is 6.98. The Bertz CT molecular complexity index is 480. The summed E-state index contributed by atoms with van der Waals surface area (Å²) < 4.78 is 0. The topological polar surface area (TPSA) is 75.4 Å². The fraction of sp³-hybridized carbons (Fsp3) is 0.467. The van der Waals surface area contributed by atoms with Crippen molar-refractivity contribution in [2.75, 3.05) is 25.0 Å². The molecule has 0 saturated carbocycles. The molecule has 0 bridgehead atoms. The molecular formula is C15H21N3O2. The highest BCUT2D eigenvalue weighted by molar-refractivity contribution is 5.99. The van der Waals surface area contributed by atoms with Crippen LogP contribution in [0.4, 0.5) is 5.69 Å². The molecule has 0 unspecified atom stereocenters. The van der Waals surface area contributed by atoms with Crippen molar-refractivity contribution < 1.29 is 9.59 Å². The van der Waals surface area contributed by atoms with Crippen LogP contribution in [0.5, 0.6) is 0 Å². The lowest BCUT2D eigenvalue weighted by Gasteiger charge is -2.21. The average molecular weight is 275 g/mol. The summed E-state index contributed by atoms with van der Waals surface area (Å²) in [6.07, 6.45) is 4.54. The van der Waals surface area contributed by atoms with Crippen molar-refractivity contribution in [3.63, 3.8) is 0 Å². The second-order valence-corrected chi connectivity index (χ2v) is 5.06. The molecule has 5 heteroatoms. The summed E-state index contributed by atoms with van der Waals surface area (Å²) in [5, 5.41) is 3.02. The van der Waals surface area contributed by atoms with Gasteiger partial charge in [-0.1, -0.05) is 25.0 Å². The number of benzene rings is 1. The number of nitrogens with one attached hydrogen (secondary N) is 1. The maximum absolute atomic E-state index is 12.2. The van der Waals surface area contributed by atoms with Gasteiger partial charge >= 0.3 is 0 Å². The smallest absolute Gasteiger partial charge is 0.250 e. The van der Waals surface area contributed by atoms with Crippen LogP contribution in [0.2, 0.25) is 0 Å². The first-order chi connectivity index (χ1) is 9.68. The number of carbonyl (C=O) groups excluding carboxylic acids is 2. The summed E-state index contributed by atoms with van der Waals surface area (Å²) in [7, 11) is 0. The second-order valence-electron chi connectivity index (χ2n) is 5.06. The maximum Gasteiger partial charge on any atom is 0.250 e. The van der Waals surface area contributed by atoms with Crippen LogP contribution in [0.1, 0.15) is 36.0 Å². The molecule has 0 aliphatic carbocycles. The van der Waals surface area contributed by atoms with Gasteiger partial charge in [0.15, 0.2) is 0 Å². The lowest BCUT2D eigenvalue weighted by atomic mass is 10.1. The van der Waals surface area contributed by atoms with Gasteiger partial charge in [0.05, 0.1) is 12.1 Å². The van der Waals surface area contributed by atoms with Crippen molar-refractivity contribution in [2.24, 2.45) is 5.73 Å². The Labute approximate surface area is 119 Å². The molecule has 1 aliphatic heterocycles. The molecule has 0 radical (unpaired) electrons. The Morgan fingerprint density at radius 3 is 2.40 bits per heavy atom. The zero-order valence-corrected chi connectivity index (χ0v) is 11.6. The number of hydrogen-bond acceptors (Lipinski definition) is 3. The molecule has 1 aliphatic rings. The molecule has 20 heavy (non-hydrogen) atoms. The van der Waals surface area contributed by atoms with Crippen LogP contribution in [0.25, 0.3) is 0 Å². The van der Waals surface area contributed by atoms with E-state index >= 15 is 0 Å². The van der Waals surface area contributed by atoms with E-state index in [1.807, 2.05) is 11.0 Å². The summed E-state index contributed by atoms with van der Waals surface area (Å²) in [6.45, 7) is 1.86. The molecule has 1 aromatic rings. The minimum absolute atomic E-state index is 0.0752. The predicted molar refractivity (Wildman–Crippen MR) is 78.5 cm³/mol. The van der Waals surface area contributed by atoms with Gasteiger partial charge < -0.3 is 16.0 Å². The van der Waals surface area contributed by atoms with E-state index in [2.05, 4.69) is 5.32 Å². The molecule has 5 nitrogen and oxygen atoms in total. The second kappa shape index (κ2) is 6.93. The third-order valence-corrected chi connectivity index (χ3v) is 3.58. The summed E-state index contributed by atoms with van der Waals surface area (Å²) in [4.78, 5) is 25.3. The normalized spacial score (nSPS) is 15.5. The number of primary amides is 1. The fourth-order valence-electron chi connectivity index (χ4n) is 2.45. The van der Waals surface area contributed by atoms with Crippen LogP contribution in [0.3, 0.4) is 0 Å². The number of nitrogens with zero attached hydrogens (tertiary/aromatic N) is 1. The average Bonchev–Trinajstić information content (AvgIpc) is 2.74. The van der Waals surface area contributed by atoms with E-state index in [1.54, 1.807) is 18.2 Å². The Kier molecular flexibility index (Phi) is 4.98. The van der Waals surface area contributed by atoms with Gasteiger partial charge in [0.25, 0.3) is 5.91 Å². The maximum atomic E-state index is 12.2. The van der Waals surface area contributed by atoms with Gasteiger partial charge in [-0.2, -0.15) is 0 Å². The SMILES string of the molecule is NC(=O)c1ccccc1NCC(=O)N1CCCCCC1. The fourth-order valence-corrected chi connectivity index (χ4v) is 2.45. The van der Waals surface area contributed by atoms with Crippen LogP contribution in [-0.2, 0) is 4.79 Å². The number of para-hydroxylation sites is 1. The molecule has 1 fully saturated rings. The van der Waals surface area contributed by atoms with Crippen LogP contribution < -0.4 is 11.1 Å². The highest BCUT2D eigenvalue weighted by atomic mass is 16.2. The van der Waals surface area contributed by atoms with E-state index in [-0.39, 0.29) is 12.5 Å². The zero-order chi connectivity index (χ0) is 14.4. The van der Waals surface area contributed by atoms with Crippen LogP contribution in [0, 0.1) is 0 Å². The molecule has 0 spiro atoms. The van der Waals surface area contributed by atoms with Crippen molar-refractivity contribution in [1.29, 1.82) is 0 Å². The molecule has 1 aromatic carbocycles. The molecule has 2 amide bonds. The number of carbonyl (C=O) groups is 2. The third-order valence-electron chi connectivity index (χ3n) is 3.58. The molecule has 1 heterocycles. The van der Waals surface area contributed by atoms with Crippen molar-refractivity contribution in [2.45, 2.75) is 25.7 Å². The highest BCUT2D eigenvalue weighted by Crippen LogP contribution is 2.14. The van der Waals surface area contributed by atoms with E-state index in [4.69, 9.17) is 5.73 Å². The van der Waals surface area contributed by atoms with Crippen molar-refractivity contribution in [3.05, 3.63) is 29.8 Å². The number of amides is 2. The Morgan fingerprint density at radius 1 is 1.10 bits per heavy atom. The molecular weight excluding hydrogens is 254 g/mol. The monoisotopic (exact) mass is 275 g/mol. The van der Waals surface area contributed by atoms with Crippen LogP contribution in [0.15, 0.2) is 24.3 Å². The van der Waals surface area contributed by atoms with Gasteiger partial charge in [-0.25, -0.2) is 0 Å². The molecule has 108 valence electrons. The highest BCUT2D eigenvalue weighted by Gasteiger charge is 2.16. The van der Waals surface area contributed by atoms with Gasteiger partial charge in [-0.05, 0) is 25.0 Å². The predicted octanol–water partition coefficient (Wildman–Crippen LogP) is 1.60. The molecule has 0 aromatic heterocycles. The lowest BCUT2D eigenvalue weighted by Crippen LogP contribution is -2.36. The molecule has 3 N–H and O–H groups in total. The summed E-state index contributed by atoms with van der Waals surface area (Å²) in [5.74, 6) is -0.415. The molecule has 1 saturated heterocycles. The van der Waals surface area contributed by atoms with E-state index in [1.165, 1.54) is 12.8 Å². The summed E-state index contributed by atoms with van der Waals surface area (Å²) >= 11 is 0. The number of hydrogen-bond donors (Lipinski definition) is 2. The van der Waals surface area contributed by atoms with Gasteiger partial charge in [-0.15, -0.1) is 0 Å². The van der Waals surface area contributed by atoms with Gasteiger partial charge in [0.2, 0.25) is 5.91 Å². The molecule has 0 atom stereocenters. The van der Waals surface area contributed by atoms with E-state index in [9.17, 15) is 9.59 Å².